The van der Waals surface area contributed by atoms with Crippen LogP contribution in [0.15, 0.2) is 53.9 Å². The van der Waals surface area contributed by atoms with Gasteiger partial charge in [-0.05, 0) is 25.3 Å². The molecule has 0 unspecified atom stereocenters. The Labute approximate surface area is 181 Å². The highest BCUT2D eigenvalue weighted by molar-refractivity contribution is 7.89. The van der Waals surface area contributed by atoms with E-state index in [2.05, 4.69) is 15.4 Å². The lowest BCUT2D eigenvalue weighted by Crippen LogP contribution is -2.41. The van der Waals surface area contributed by atoms with Crippen LogP contribution in [0, 0.1) is 12.8 Å². The van der Waals surface area contributed by atoms with Gasteiger partial charge in [0.15, 0.2) is 5.03 Å². The summed E-state index contributed by atoms with van der Waals surface area (Å²) in [7, 11) is -1.88. The normalized spacial score (nSPS) is 15.8. The largest absolute Gasteiger partial charge is 0.337 e. The molecule has 3 heterocycles. The zero-order chi connectivity index (χ0) is 22.0. The van der Waals surface area contributed by atoms with Crippen LogP contribution in [0.25, 0.3) is 0 Å². The van der Waals surface area contributed by atoms with E-state index < -0.39 is 10.0 Å². The van der Waals surface area contributed by atoms with Crippen molar-refractivity contribution in [2.24, 2.45) is 13.0 Å². The van der Waals surface area contributed by atoms with Crippen molar-refractivity contribution in [2.75, 3.05) is 18.4 Å². The summed E-state index contributed by atoms with van der Waals surface area (Å²) in [5, 5.41) is 7.27. The SMILES string of the molecule is Cc1nc(S(=O)(=O)N2CCC(C(=O)Nc3cnn(Cc4ccccc4)c3)CC2)cn1C. The Kier molecular flexibility index (Phi) is 5.92. The molecule has 1 aliphatic heterocycles. The number of nitrogens with one attached hydrogen (secondary N) is 1. The fourth-order valence-corrected chi connectivity index (χ4v) is 5.17. The minimum atomic E-state index is -3.64. The van der Waals surface area contributed by atoms with Gasteiger partial charge in [-0.1, -0.05) is 30.3 Å². The number of anilines is 1. The van der Waals surface area contributed by atoms with E-state index in [0.29, 0.717) is 44.0 Å². The van der Waals surface area contributed by atoms with E-state index in [0.717, 1.165) is 5.56 Å². The van der Waals surface area contributed by atoms with Crippen LogP contribution in [-0.4, -0.2) is 51.1 Å². The zero-order valence-electron chi connectivity index (χ0n) is 17.6. The Bertz CT molecular complexity index is 1140. The molecule has 0 aliphatic carbocycles. The highest BCUT2D eigenvalue weighted by Crippen LogP contribution is 2.24. The summed E-state index contributed by atoms with van der Waals surface area (Å²) >= 11 is 0. The predicted molar refractivity (Wildman–Crippen MR) is 116 cm³/mol. The van der Waals surface area contributed by atoms with Crippen molar-refractivity contribution in [2.45, 2.75) is 31.3 Å². The van der Waals surface area contributed by atoms with Gasteiger partial charge in [-0.25, -0.2) is 13.4 Å². The summed E-state index contributed by atoms with van der Waals surface area (Å²) in [6.07, 6.45) is 5.89. The molecular weight excluding hydrogens is 416 g/mol. The van der Waals surface area contributed by atoms with E-state index in [-0.39, 0.29) is 16.9 Å². The maximum atomic E-state index is 12.8. The molecule has 1 aromatic carbocycles. The highest BCUT2D eigenvalue weighted by atomic mass is 32.2. The average Bonchev–Trinajstić information content (AvgIpc) is 3.35. The number of hydrogen-bond acceptors (Lipinski definition) is 5. The third-order valence-electron chi connectivity index (χ3n) is 5.60. The Morgan fingerprint density at radius 3 is 2.52 bits per heavy atom. The van der Waals surface area contributed by atoms with Gasteiger partial charge in [0, 0.05) is 38.4 Å². The Hall–Kier alpha value is -2.98. The van der Waals surface area contributed by atoms with Gasteiger partial charge in [0.2, 0.25) is 5.91 Å². The number of hydrogen-bond donors (Lipinski definition) is 1. The van der Waals surface area contributed by atoms with E-state index in [9.17, 15) is 13.2 Å². The average molecular weight is 443 g/mol. The smallest absolute Gasteiger partial charge is 0.262 e. The third-order valence-corrected chi connectivity index (χ3v) is 7.37. The van der Waals surface area contributed by atoms with Gasteiger partial charge in [-0.2, -0.15) is 9.40 Å². The number of carbonyl (C=O) groups excluding carboxylic acids is 1. The minimum absolute atomic E-state index is 0.0567. The van der Waals surface area contributed by atoms with Gasteiger partial charge in [-0.15, -0.1) is 0 Å². The highest BCUT2D eigenvalue weighted by Gasteiger charge is 2.33. The summed E-state index contributed by atoms with van der Waals surface area (Å²) in [5.74, 6) is 0.292. The van der Waals surface area contributed by atoms with Gasteiger partial charge in [-0.3, -0.25) is 9.48 Å². The van der Waals surface area contributed by atoms with E-state index in [1.807, 2.05) is 30.3 Å². The fourth-order valence-electron chi connectivity index (χ4n) is 3.67. The number of imidazole rings is 1. The lowest BCUT2D eigenvalue weighted by Gasteiger charge is -2.29. The first-order chi connectivity index (χ1) is 14.8. The molecule has 0 bridgehead atoms. The first kappa shape index (κ1) is 21.3. The lowest BCUT2D eigenvalue weighted by molar-refractivity contribution is -0.120. The molecule has 1 fully saturated rings. The van der Waals surface area contributed by atoms with Crippen molar-refractivity contribution in [1.29, 1.82) is 0 Å². The first-order valence-electron chi connectivity index (χ1n) is 10.2. The van der Waals surface area contributed by atoms with Crippen LogP contribution in [0.2, 0.25) is 0 Å². The van der Waals surface area contributed by atoms with E-state index in [4.69, 9.17) is 0 Å². The molecule has 0 saturated carbocycles. The van der Waals surface area contributed by atoms with Crippen LogP contribution in [0.3, 0.4) is 0 Å². The number of amides is 1. The number of benzene rings is 1. The van der Waals surface area contributed by atoms with Crippen molar-refractivity contribution in [3.63, 3.8) is 0 Å². The van der Waals surface area contributed by atoms with Gasteiger partial charge < -0.3 is 9.88 Å². The molecule has 1 amide bonds. The number of rotatable bonds is 6. The second kappa shape index (κ2) is 8.64. The van der Waals surface area contributed by atoms with Gasteiger partial charge in [0.05, 0.1) is 18.4 Å². The minimum Gasteiger partial charge on any atom is -0.337 e. The lowest BCUT2D eigenvalue weighted by atomic mass is 9.97. The van der Waals surface area contributed by atoms with Gasteiger partial charge >= 0.3 is 0 Å². The van der Waals surface area contributed by atoms with E-state index in [1.165, 1.54) is 10.5 Å². The topological polar surface area (TPSA) is 102 Å². The van der Waals surface area contributed by atoms with Crippen LogP contribution in [0.1, 0.15) is 24.2 Å². The van der Waals surface area contributed by atoms with E-state index >= 15 is 0 Å². The van der Waals surface area contributed by atoms with Crippen molar-refractivity contribution in [3.8, 4) is 0 Å². The summed E-state index contributed by atoms with van der Waals surface area (Å²) in [5.41, 5.74) is 1.76. The summed E-state index contributed by atoms with van der Waals surface area (Å²) < 4.78 is 30.5. The van der Waals surface area contributed by atoms with Crippen LogP contribution < -0.4 is 5.32 Å². The summed E-state index contributed by atoms with van der Waals surface area (Å²) in [6, 6.07) is 9.96. The summed E-state index contributed by atoms with van der Waals surface area (Å²) in [6.45, 7) is 2.98. The standard InChI is InChI=1S/C21H26N6O3S/c1-16-23-20(15-25(16)2)31(29,30)27-10-8-18(9-11-27)21(28)24-19-12-22-26(14-19)13-17-6-4-3-5-7-17/h3-7,12,14-15,18H,8-11,13H2,1-2H3,(H,24,28). The molecule has 4 rings (SSSR count). The number of carbonyl (C=O) groups is 1. The monoisotopic (exact) mass is 442 g/mol. The van der Waals surface area contributed by atoms with Gasteiger partial charge in [0.25, 0.3) is 10.0 Å². The molecule has 0 atom stereocenters. The molecule has 9 nitrogen and oxygen atoms in total. The van der Waals surface area contributed by atoms with Crippen molar-refractivity contribution in [3.05, 3.63) is 60.3 Å². The van der Waals surface area contributed by atoms with Gasteiger partial charge in [0.1, 0.15) is 5.82 Å². The molecule has 0 radical (unpaired) electrons. The zero-order valence-corrected chi connectivity index (χ0v) is 18.4. The Morgan fingerprint density at radius 2 is 1.87 bits per heavy atom. The second-order valence-electron chi connectivity index (χ2n) is 7.82. The first-order valence-corrected chi connectivity index (χ1v) is 11.6. The van der Waals surface area contributed by atoms with Crippen molar-refractivity contribution < 1.29 is 13.2 Å². The Morgan fingerprint density at radius 1 is 1.16 bits per heavy atom. The quantitative estimate of drug-likeness (QED) is 0.629. The van der Waals surface area contributed by atoms with E-state index in [1.54, 1.807) is 35.6 Å². The van der Waals surface area contributed by atoms with Crippen LogP contribution in [0.5, 0.6) is 0 Å². The third kappa shape index (κ3) is 4.70. The van der Waals surface area contributed by atoms with Crippen LogP contribution in [-0.2, 0) is 28.4 Å². The molecule has 10 heteroatoms. The molecule has 1 saturated heterocycles. The molecule has 1 N–H and O–H groups in total. The molecule has 3 aromatic rings. The number of aromatic nitrogens is 4. The van der Waals surface area contributed by atoms with Crippen LogP contribution >= 0.6 is 0 Å². The van der Waals surface area contributed by atoms with Crippen LogP contribution in [0.4, 0.5) is 5.69 Å². The molecule has 31 heavy (non-hydrogen) atoms. The molecular formula is C21H26N6O3S. The predicted octanol–water partition coefficient (Wildman–Crippen LogP) is 2.01. The number of piperidine rings is 1. The molecule has 1 aliphatic rings. The molecule has 0 spiro atoms. The number of aryl methyl sites for hydroxylation is 2. The maximum Gasteiger partial charge on any atom is 0.262 e. The number of nitrogens with zero attached hydrogens (tertiary/aromatic N) is 5. The molecule has 164 valence electrons. The maximum absolute atomic E-state index is 12.8. The summed E-state index contributed by atoms with van der Waals surface area (Å²) in [4.78, 5) is 16.8. The number of sulfonamides is 1. The van der Waals surface area contributed by atoms with Crippen molar-refractivity contribution in [1.82, 2.24) is 23.6 Å². The van der Waals surface area contributed by atoms with Crippen molar-refractivity contribution >= 4 is 21.6 Å². The second-order valence-corrected chi connectivity index (χ2v) is 9.70. The Balaban J connectivity index is 1.32. The fraction of sp³-hybridized carbons (Fsp3) is 0.381. The molecule has 2 aromatic heterocycles.